The Bertz CT molecular complexity index is 836. The molecule has 7 nitrogen and oxygen atoms in total. The Balaban J connectivity index is 1.56. The van der Waals surface area contributed by atoms with E-state index in [2.05, 4.69) is 15.3 Å². The van der Waals surface area contributed by atoms with Crippen LogP contribution in [0, 0.1) is 0 Å². The summed E-state index contributed by atoms with van der Waals surface area (Å²) in [7, 11) is 1.90. The second kappa shape index (κ2) is 5.92. The molecule has 4 rings (SSSR count). The van der Waals surface area contributed by atoms with Crippen molar-refractivity contribution in [1.82, 2.24) is 29.4 Å². The molecule has 24 heavy (non-hydrogen) atoms. The van der Waals surface area contributed by atoms with Gasteiger partial charge in [0.1, 0.15) is 12.7 Å². The van der Waals surface area contributed by atoms with Crippen LogP contribution in [0.15, 0.2) is 49.3 Å². The third-order valence-electron chi connectivity index (χ3n) is 4.45. The van der Waals surface area contributed by atoms with Gasteiger partial charge in [-0.15, -0.1) is 10.2 Å². The standard InChI is InChI=1S/C17H18N6O/c1-21-10-14(9-20-21)16-3-2-8-23(16)17(24)13-4-6-15(7-5-13)22-11-18-19-12-22/h4-7,9-12,16H,2-3,8H2,1H3. The summed E-state index contributed by atoms with van der Waals surface area (Å²) in [5, 5.41) is 11.8. The van der Waals surface area contributed by atoms with E-state index in [-0.39, 0.29) is 11.9 Å². The van der Waals surface area contributed by atoms with Crippen molar-refractivity contribution in [3.8, 4) is 5.69 Å². The average molecular weight is 322 g/mol. The highest BCUT2D eigenvalue weighted by Crippen LogP contribution is 2.32. The number of rotatable bonds is 3. The number of aryl methyl sites for hydroxylation is 1. The van der Waals surface area contributed by atoms with E-state index in [9.17, 15) is 4.79 Å². The van der Waals surface area contributed by atoms with Gasteiger partial charge in [-0.1, -0.05) is 0 Å². The molecule has 1 atom stereocenters. The van der Waals surface area contributed by atoms with Crippen molar-refractivity contribution in [3.05, 3.63) is 60.4 Å². The molecule has 1 aromatic carbocycles. The largest absolute Gasteiger partial charge is 0.331 e. The van der Waals surface area contributed by atoms with Gasteiger partial charge in [0.2, 0.25) is 0 Å². The number of hydrogen-bond acceptors (Lipinski definition) is 4. The van der Waals surface area contributed by atoms with Gasteiger partial charge < -0.3 is 4.90 Å². The molecule has 1 aliphatic heterocycles. The van der Waals surface area contributed by atoms with Gasteiger partial charge in [0, 0.05) is 36.6 Å². The normalized spacial score (nSPS) is 17.4. The molecular formula is C17H18N6O. The molecule has 1 saturated heterocycles. The first kappa shape index (κ1) is 14.6. The second-order valence-corrected chi connectivity index (χ2v) is 6.02. The molecule has 3 aromatic rings. The van der Waals surface area contributed by atoms with Crippen LogP contribution in [0.3, 0.4) is 0 Å². The maximum atomic E-state index is 12.9. The Kier molecular flexibility index (Phi) is 3.60. The van der Waals surface area contributed by atoms with Crippen molar-refractivity contribution in [1.29, 1.82) is 0 Å². The zero-order chi connectivity index (χ0) is 16.5. The number of benzene rings is 1. The summed E-state index contributed by atoms with van der Waals surface area (Å²) in [4.78, 5) is 14.9. The summed E-state index contributed by atoms with van der Waals surface area (Å²) in [5.41, 5.74) is 2.73. The van der Waals surface area contributed by atoms with Crippen LogP contribution in [0.5, 0.6) is 0 Å². The average Bonchev–Trinajstić information content (AvgIpc) is 3.35. The minimum absolute atomic E-state index is 0.0664. The van der Waals surface area contributed by atoms with Crippen LogP contribution in [0.2, 0.25) is 0 Å². The van der Waals surface area contributed by atoms with Crippen LogP contribution in [-0.4, -0.2) is 41.9 Å². The van der Waals surface area contributed by atoms with Gasteiger partial charge >= 0.3 is 0 Å². The molecule has 0 radical (unpaired) electrons. The molecule has 0 bridgehead atoms. The Labute approximate surface area is 139 Å². The van der Waals surface area contributed by atoms with E-state index in [0.717, 1.165) is 30.6 Å². The van der Waals surface area contributed by atoms with Crippen LogP contribution in [-0.2, 0) is 7.05 Å². The van der Waals surface area contributed by atoms with Gasteiger partial charge in [-0.05, 0) is 37.1 Å². The van der Waals surface area contributed by atoms with Crippen molar-refractivity contribution in [3.63, 3.8) is 0 Å². The number of amides is 1. The third-order valence-corrected chi connectivity index (χ3v) is 4.45. The van der Waals surface area contributed by atoms with Crippen LogP contribution >= 0.6 is 0 Å². The van der Waals surface area contributed by atoms with Gasteiger partial charge in [0.05, 0.1) is 12.2 Å². The van der Waals surface area contributed by atoms with Crippen LogP contribution in [0.4, 0.5) is 0 Å². The number of hydrogen-bond donors (Lipinski definition) is 0. The molecule has 1 fully saturated rings. The predicted octanol–water partition coefficient (Wildman–Crippen LogP) is 1.98. The Hall–Kier alpha value is -2.96. The monoisotopic (exact) mass is 322 g/mol. The molecular weight excluding hydrogens is 304 g/mol. The number of carbonyl (C=O) groups excluding carboxylic acids is 1. The minimum Gasteiger partial charge on any atom is -0.331 e. The first-order valence-electron chi connectivity index (χ1n) is 7.97. The van der Waals surface area contributed by atoms with Crippen molar-refractivity contribution < 1.29 is 4.79 Å². The van der Waals surface area contributed by atoms with E-state index in [1.165, 1.54) is 0 Å². The molecule has 0 aliphatic carbocycles. The van der Waals surface area contributed by atoms with E-state index in [4.69, 9.17) is 0 Å². The fourth-order valence-corrected chi connectivity index (χ4v) is 3.24. The van der Waals surface area contributed by atoms with Crippen LogP contribution < -0.4 is 0 Å². The molecule has 1 unspecified atom stereocenters. The lowest BCUT2D eigenvalue weighted by Crippen LogP contribution is -2.30. The lowest BCUT2D eigenvalue weighted by molar-refractivity contribution is 0.0735. The minimum atomic E-state index is 0.0664. The second-order valence-electron chi connectivity index (χ2n) is 6.02. The van der Waals surface area contributed by atoms with E-state index < -0.39 is 0 Å². The number of carbonyl (C=O) groups is 1. The number of aromatic nitrogens is 5. The van der Waals surface area contributed by atoms with Crippen molar-refractivity contribution in [2.24, 2.45) is 7.05 Å². The molecule has 2 aromatic heterocycles. The Morgan fingerprint density at radius 2 is 1.92 bits per heavy atom. The van der Waals surface area contributed by atoms with Crippen molar-refractivity contribution >= 4 is 5.91 Å². The molecule has 3 heterocycles. The van der Waals surface area contributed by atoms with E-state index in [0.29, 0.717) is 5.56 Å². The fourth-order valence-electron chi connectivity index (χ4n) is 3.24. The number of nitrogens with zero attached hydrogens (tertiary/aromatic N) is 6. The highest BCUT2D eigenvalue weighted by Gasteiger charge is 2.31. The van der Waals surface area contributed by atoms with Gasteiger partial charge in [0.25, 0.3) is 5.91 Å². The van der Waals surface area contributed by atoms with E-state index >= 15 is 0 Å². The lowest BCUT2D eigenvalue weighted by atomic mass is 10.1. The molecule has 0 N–H and O–H groups in total. The maximum absolute atomic E-state index is 12.9. The molecule has 122 valence electrons. The summed E-state index contributed by atoms with van der Waals surface area (Å²) < 4.78 is 3.59. The topological polar surface area (TPSA) is 68.8 Å². The summed E-state index contributed by atoms with van der Waals surface area (Å²) in [5.74, 6) is 0.0664. The fraction of sp³-hybridized carbons (Fsp3) is 0.294. The smallest absolute Gasteiger partial charge is 0.254 e. The highest BCUT2D eigenvalue weighted by molar-refractivity contribution is 5.94. The Morgan fingerprint density at radius 3 is 2.58 bits per heavy atom. The van der Waals surface area contributed by atoms with Gasteiger partial charge in [-0.2, -0.15) is 5.10 Å². The summed E-state index contributed by atoms with van der Waals surface area (Å²) >= 11 is 0. The molecule has 1 aliphatic rings. The lowest BCUT2D eigenvalue weighted by Gasteiger charge is -2.24. The van der Waals surface area contributed by atoms with Crippen LogP contribution in [0.1, 0.15) is 34.8 Å². The van der Waals surface area contributed by atoms with Crippen molar-refractivity contribution in [2.75, 3.05) is 6.54 Å². The number of likely N-dealkylation sites (tertiary alicyclic amines) is 1. The Morgan fingerprint density at radius 1 is 1.17 bits per heavy atom. The van der Waals surface area contributed by atoms with Gasteiger partial charge in [0.15, 0.2) is 0 Å². The van der Waals surface area contributed by atoms with E-state index in [1.54, 1.807) is 17.3 Å². The summed E-state index contributed by atoms with van der Waals surface area (Å²) in [6.45, 7) is 0.783. The molecule has 0 spiro atoms. The van der Waals surface area contributed by atoms with Gasteiger partial charge in [-0.3, -0.25) is 14.0 Å². The van der Waals surface area contributed by atoms with Gasteiger partial charge in [-0.25, -0.2) is 0 Å². The summed E-state index contributed by atoms with van der Waals surface area (Å²) in [6, 6.07) is 7.65. The first-order chi connectivity index (χ1) is 11.7. The predicted molar refractivity (Wildman–Crippen MR) is 87.6 cm³/mol. The highest BCUT2D eigenvalue weighted by atomic mass is 16.2. The quantitative estimate of drug-likeness (QED) is 0.739. The SMILES string of the molecule is Cn1cc(C2CCCN2C(=O)c2ccc(-n3cnnc3)cc2)cn1. The van der Waals surface area contributed by atoms with Crippen LogP contribution in [0.25, 0.3) is 5.69 Å². The zero-order valence-electron chi connectivity index (χ0n) is 13.4. The molecule has 1 amide bonds. The first-order valence-corrected chi connectivity index (χ1v) is 7.97. The zero-order valence-corrected chi connectivity index (χ0v) is 13.4. The summed E-state index contributed by atoms with van der Waals surface area (Å²) in [6.07, 6.45) is 9.11. The van der Waals surface area contributed by atoms with E-state index in [1.807, 2.05) is 53.2 Å². The molecule has 0 saturated carbocycles. The third kappa shape index (κ3) is 2.58. The van der Waals surface area contributed by atoms with Crippen molar-refractivity contribution in [2.45, 2.75) is 18.9 Å². The molecule has 7 heteroatoms. The maximum Gasteiger partial charge on any atom is 0.254 e.